The van der Waals surface area contributed by atoms with Crippen LogP contribution >= 0.6 is 0 Å². The molecule has 1 aliphatic heterocycles. The summed E-state index contributed by atoms with van der Waals surface area (Å²) in [6, 6.07) is 8.52. The highest BCUT2D eigenvalue weighted by atomic mass is 32.2. The molecular formula is C17H18N2O5S. The van der Waals surface area contributed by atoms with Gasteiger partial charge in [-0.1, -0.05) is 17.7 Å². The lowest BCUT2D eigenvalue weighted by atomic mass is 10.2. The maximum absolute atomic E-state index is 12.8. The predicted molar refractivity (Wildman–Crippen MR) is 88.8 cm³/mol. The summed E-state index contributed by atoms with van der Waals surface area (Å²) in [5.41, 5.74) is 0.902. The number of nitrogens with zero attached hydrogens (tertiary/aromatic N) is 1. The summed E-state index contributed by atoms with van der Waals surface area (Å²) in [6.07, 6.45) is 1.66. The number of hydrogen-bond acceptors (Lipinski definition) is 5. The highest BCUT2D eigenvalue weighted by Crippen LogP contribution is 2.27. The van der Waals surface area contributed by atoms with Crippen molar-refractivity contribution in [1.82, 2.24) is 9.62 Å². The Labute approximate surface area is 145 Å². The van der Waals surface area contributed by atoms with Crippen LogP contribution in [0.4, 0.5) is 0 Å². The monoisotopic (exact) mass is 362 g/mol. The topological polar surface area (TPSA) is 96.7 Å². The normalized spacial score (nSPS) is 17.7. The van der Waals surface area contributed by atoms with Gasteiger partial charge in [-0.3, -0.25) is 9.59 Å². The Balaban J connectivity index is 1.81. The molecule has 2 heterocycles. The van der Waals surface area contributed by atoms with E-state index in [2.05, 4.69) is 5.32 Å². The third-order valence-corrected chi connectivity index (χ3v) is 5.90. The molecule has 2 amide bonds. The number of hydrogen-bond donors (Lipinski definition) is 1. The smallest absolute Gasteiger partial charge is 0.267 e. The molecular weight excluding hydrogens is 344 g/mol. The fourth-order valence-corrected chi connectivity index (χ4v) is 4.33. The molecule has 0 unspecified atom stereocenters. The van der Waals surface area contributed by atoms with E-state index in [0.717, 1.165) is 5.56 Å². The van der Waals surface area contributed by atoms with Gasteiger partial charge >= 0.3 is 0 Å². The van der Waals surface area contributed by atoms with E-state index in [1.807, 2.05) is 6.92 Å². The number of aryl methyl sites for hydroxylation is 1. The second-order valence-corrected chi connectivity index (χ2v) is 7.67. The van der Waals surface area contributed by atoms with Crippen molar-refractivity contribution in [2.75, 3.05) is 0 Å². The predicted octanol–water partition coefficient (Wildman–Crippen LogP) is 1.58. The summed E-state index contributed by atoms with van der Waals surface area (Å²) >= 11 is 0. The van der Waals surface area contributed by atoms with E-state index >= 15 is 0 Å². The Bertz CT molecular complexity index is 872. The summed E-state index contributed by atoms with van der Waals surface area (Å²) in [5.74, 6) is -0.540. The number of benzene rings is 1. The number of rotatable bonds is 5. The van der Waals surface area contributed by atoms with Gasteiger partial charge in [0.05, 0.1) is 17.7 Å². The first-order valence-corrected chi connectivity index (χ1v) is 9.27. The number of carbonyl (C=O) groups is 2. The number of furan rings is 1. The minimum absolute atomic E-state index is 0.00261. The third-order valence-electron chi connectivity index (χ3n) is 4.06. The van der Waals surface area contributed by atoms with Crippen LogP contribution in [0.15, 0.2) is 52.0 Å². The molecule has 1 fully saturated rings. The lowest BCUT2D eigenvalue weighted by Gasteiger charge is -2.23. The first-order valence-electron chi connectivity index (χ1n) is 7.83. The Morgan fingerprint density at radius 3 is 2.64 bits per heavy atom. The number of nitrogens with one attached hydrogen (secondary N) is 1. The van der Waals surface area contributed by atoms with E-state index in [0.29, 0.717) is 10.1 Å². The average molecular weight is 362 g/mol. The maximum Gasteiger partial charge on any atom is 0.267 e. The summed E-state index contributed by atoms with van der Waals surface area (Å²) in [4.78, 5) is 24.6. The molecule has 0 radical (unpaired) electrons. The van der Waals surface area contributed by atoms with Crippen molar-refractivity contribution >= 4 is 21.8 Å². The molecule has 8 heteroatoms. The number of sulfonamides is 1. The molecule has 1 aromatic heterocycles. The van der Waals surface area contributed by atoms with Crippen molar-refractivity contribution in [3.63, 3.8) is 0 Å². The zero-order valence-electron chi connectivity index (χ0n) is 13.6. The molecule has 0 aliphatic carbocycles. The second kappa shape index (κ2) is 6.72. The van der Waals surface area contributed by atoms with Crippen molar-refractivity contribution in [2.24, 2.45) is 0 Å². The Morgan fingerprint density at radius 2 is 2.00 bits per heavy atom. The lowest BCUT2D eigenvalue weighted by molar-refractivity contribution is -0.130. The van der Waals surface area contributed by atoms with E-state index in [-0.39, 0.29) is 24.3 Å². The van der Waals surface area contributed by atoms with E-state index in [1.165, 1.54) is 18.4 Å². The molecule has 1 atom stereocenters. The summed E-state index contributed by atoms with van der Waals surface area (Å²) in [5, 5.41) is 2.62. The molecule has 3 rings (SSSR count). The standard InChI is InChI=1S/C17H18N2O5S/c1-12-4-6-14(7-5-12)25(22,23)19-15(8-9-16(19)20)17(21)18-11-13-3-2-10-24-13/h2-7,10,15H,8-9,11H2,1H3,(H,18,21)/t15-/m0/s1. The second-order valence-electron chi connectivity index (χ2n) is 5.86. The Morgan fingerprint density at radius 1 is 1.28 bits per heavy atom. The highest BCUT2D eigenvalue weighted by Gasteiger charge is 2.44. The number of amides is 2. The SMILES string of the molecule is Cc1ccc(S(=O)(=O)N2C(=O)CC[C@H]2C(=O)NCc2ccco2)cc1. The van der Waals surface area contributed by atoms with Gasteiger partial charge in [0, 0.05) is 6.42 Å². The number of carbonyl (C=O) groups excluding carboxylic acids is 2. The summed E-state index contributed by atoms with van der Waals surface area (Å²) in [6.45, 7) is 1.97. The summed E-state index contributed by atoms with van der Waals surface area (Å²) in [7, 11) is -4.07. The van der Waals surface area contributed by atoms with Crippen LogP contribution in [0, 0.1) is 6.92 Å². The largest absolute Gasteiger partial charge is 0.467 e. The van der Waals surface area contributed by atoms with Crippen molar-refractivity contribution in [3.8, 4) is 0 Å². The van der Waals surface area contributed by atoms with Gasteiger partial charge < -0.3 is 9.73 Å². The average Bonchev–Trinajstić information content (AvgIpc) is 3.22. The van der Waals surface area contributed by atoms with E-state index in [1.54, 1.807) is 24.3 Å². The van der Waals surface area contributed by atoms with Crippen LogP contribution in [0.25, 0.3) is 0 Å². The van der Waals surface area contributed by atoms with Crippen LogP contribution in [-0.4, -0.2) is 30.6 Å². The Kier molecular flexibility index (Phi) is 4.63. The molecule has 7 nitrogen and oxygen atoms in total. The van der Waals surface area contributed by atoms with Crippen LogP contribution in [-0.2, 0) is 26.2 Å². The maximum atomic E-state index is 12.8. The van der Waals surface area contributed by atoms with Gasteiger partial charge in [-0.15, -0.1) is 0 Å². The molecule has 0 spiro atoms. The quantitative estimate of drug-likeness (QED) is 0.871. The molecule has 1 N–H and O–H groups in total. The molecule has 2 aromatic rings. The molecule has 25 heavy (non-hydrogen) atoms. The van der Waals surface area contributed by atoms with Gasteiger partial charge in [-0.05, 0) is 37.6 Å². The van der Waals surface area contributed by atoms with E-state index < -0.39 is 27.9 Å². The summed E-state index contributed by atoms with van der Waals surface area (Å²) < 4.78 is 31.5. The van der Waals surface area contributed by atoms with Crippen LogP contribution in [0.2, 0.25) is 0 Å². The van der Waals surface area contributed by atoms with Crippen LogP contribution in [0.3, 0.4) is 0 Å². The molecule has 0 saturated carbocycles. The van der Waals surface area contributed by atoms with Gasteiger partial charge in [-0.25, -0.2) is 12.7 Å². The van der Waals surface area contributed by atoms with Crippen LogP contribution in [0.1, 0.15) is 24.2 Å². The van der Waals surface area contributed by atoms with E-state index in [9.17, 15) is 18.0 Å². The van der Waals surface area contributed by atoms with Gasteiger partial charge in [-0.2, -0.15) is 0 Å². The first-order chi connectivity index (χ1) is 11.9. The van der Waals surface area contributed by atoms with Gasteiger partial charge in [0.2, 0.25) is 11.8 Å². The molecule has 1 saturated heterocycles. The molecule has 0 bridgehead atoms. The fourth-order valence-electron chi connectivity index (χ4n) is 2.73. The van der Waals surface area contributed by atoms with Crippen LogP contribution in [0.5, 0.6) is 0 Å². The lowest BCUT2D eigenvalue weighted by Crippen LogP contribution is -2.47. The third kappa shape index (κ3) is 3.43. The molecule has 1 aromatic carbocycles. The van der Waals surface area contributed by atoms with Gasteiger partial charge in [0.1, 0.15) is 11.8 Å². The van der Waals surface area contributed by atoms with Gasteiger partial charge in [0.25, 0.3) is 10.0 Å². The zero-order valence-corrected chi connectivity index (χ0v) is 14.5. The van der Waals surface area contributed by atoms with E-state index in [4.69, 9.17) is 4.42 Å². The highest BCUT2D eigenvalue weighted by molar-refractivity contribution is 7.89. The fraction of sp³-hybridized carbons (Fsp3) is 0.294. The Hall–Kier alpha value is -2.61. The van der Waals surface area contributed by atoms with Crippen molar-refractivity contribution in [3.05, 3.63) is 54.0 Å². The van der Waals surface area contributed by atoms with Crippen LogP contribution < -0.4 is 5.32 Å². The molecule has 132 valence electrons. The van der Waals surface area contributed by atoms with Crippen molar-refractivity contribution < 1.29 is 22.4 Å². The molecule has 1 aliphatic rings. The van der Waals surface area contributed by atoms with Gasteiger partial charge in [0.15, 0.2) is 0 Å². The zero-order chi connectivity index (χ0) is 18.0. The van der Waals surface area contributed by atoms with Crippen molar-refractivity contribution in [1.29, 1.82) is 0 Å². The minimum Gasteiger partial charge on any atom is -0.467 e. The minimum atomic E-state index is -4.07. The first kappa shape index (κ1) is 17.2. The van der Waals surface area contributed by atoms with Crippen molar-refractivity contribution in [2.45, 2.75) is 37.2 Å².